The van der Waals surface area contributed by atoms with Gasteiger partial charge in [-0.15, -0.1) is 0 Å². The molecule has 7 heteroatoms. The van der Waals surface area contributed by atoms with Gasteiger partial charge in [-0.3, -0.25) is 0 Å². The maximum atomic E-state index is 5.39. The van der Waals surface area contributed by atoms with Crippen molar-refractivity contribution < 1.29 is 9.47 Å². The van der Waals surface area contributed by atoms with Crippen molar-refractivity contribution in [1.29, 1.82) is 0 Å². The second-order valence-electron chi connectivity index (χ2n) is 3.71. The van der Waals surface area contributed by atoms with E-state index in [0.29, 0.717) is 35.5 Å². The zero-order valence-corrected chi connectivity index (χ0v) is 10.8. The minimum atomic E-state index is 0.369. The third-order valence-electron chi connectivity index (χ3n) is 2.38. The summed E-state index contributed by atoms with van der Waals surface area (Å²) in [6.07, 6.45) is 0. The molecule has 0 aliphatic rings. The lowest BCUT2D eigenvalue weighted by molar-refractivity contribution is 0.181. The van der Waals surface area contributed by atoms with Crippen LogP contribution in [0.2, 0.25) is 0 Å². The first-order valence-electron chi connectivity index (χ1n) is 5.61. The Kier molecular flexibility index (Phi) is 4.22. The molecule has 0 saturated heterocycles. The standard InChI is InChI=1S/C12H15N5O2/c1-18-7-8-6-10(17-13)16-12(14-8)9-4-3-5-11(15-9)19-2/h3-6H,7,13H2,1-2H3,(H,14,16,17). The summed E-state index contributed by atoms with van der Waals surface area (Å²) in [5, 5.41) is 0. The van der Waals surface area contributed by atoms with Crippen LogP contribution in [0.4, 0.5) is 5.82 Å². The summed E-state index contributed by atoms with van der Waals surface area (Å²) in [6.45, 7) is 0.369. The molecule has 2 rings (SSSR count). The summed E-state index contributed by atoms with van der Waals surface area (Å²) in [5.74, 6) is 6.85. The number of rotatable bonds is 5. The van der Waals surface area contributed by atoms with Crippen molar-refractivity contribution in [3.63, 3.8) is 0 Å². The van der Waals surface area contributed by atoms with Crippen LogP contribution >= 0.6 is 0 Å². The minimum Gasteiger partial charge on any atom is -0.481 e. The Bertz CT molecular complexity index is 562. The number of anilines is 1. The lowest BCUT2D eigenvalue weighted by Crippen LogP contribution is -2.11. The normalized spacial score (nSPS) is 10.3. The van der Waals surface area contributed by atoms with E-state index < -0.39 is 0 Å². The van der Waals surface area contributed by atoms with Crippen LogP contribution in [0, 0.1) is 0 Å². The number of nitrogen functional groups attached to an aromatic ring is 1. The number of hydrazine groups is 1. The third-order valence-corrected chi connectivity index (χ3v) is 2.38. The summed E-state index contributed by atoms with van der Waals surface area (Å²) in [7, 11) is 3.16. The quantitative estimate of drug-likeness (QED) is 0.611. The van der Waals surface area contributed by atoms with Crippen molar-refractivity contribution in [2.24, 2.45) is 5.84 Å². The molecule has 0 atom stereocenters. The first-order chi connectivity index (χ1) is 9.26. The highest BCUT2D eigenvalue weighted by atomic mass is 16.5. The van der Waals surface area contributed by atoms with Crippen molar-refractivity contribution in [3.8, 4) is 17.4 Å². The molecule has 2 heterocycles. The Morgan fingerprint density at radius 2 is 2.05 bits per heavy atom. The molecule has 100 valence electrons. The van der Waals surface area contributed by atoms with Gasteiger partial charge in [0.15, 0.2) is 5.82 Å². The van der Waals surface area contributed by atoms with Crippen LogP contribution in [0.25, 0.3) is 11.5 Å². The van der Waals surface area contributed by atoms with Gasteiger partial charge < -0.3 is 14.9 Å². The molecule has 0 saturated carbocycles. The molecule has 2 aromatic rings. The summed E-state index contributed by atoms with van der Waals surface area (Å²) in [6, 6.07) is 7.09. The van der Waals surface area contributed by atoms with Gasteiger partial charge in [-0.2, -0.15) is 0 Å². The molecule has 0 aromatic carbocycles. The van der Waals surface area contributed by atoms with E-state index in [4.69, 9.17) is 15.3 Å². The van der Waals surface area contributed by atoms with Gasteiger partial charge in [0.05, 0.1) is 19.4 Å². The predicted octanol–water partition coefficient (Wildman–Crippen LogP) is 0.979. The minimum absolute atomic E-state index is 0.369. The largest absolute Gasteiger partial charge is 0.481 e. The van der Waals surface area contributed by atoms with Crippen molar-refractivity contribution >= 4 is 5.82 Å². The molecule has 2 aromatic heterocycles. The van der Waals surface area contributed by atoms with E-state index in [1.165, 1.54) is 0 Å². The van der Waals surface area contributed by atoms with Crippen LogP contribution in [-0.4, -0.2) is 29.2 Å². The first-order valence-corrected chi connectivity index (χ1v) is 5.61. The summed E-state index contributed by atoms with van der Waals surface area (Å²) < 4.78 is 10.1. The number of pyridine rings is 1. The number of hydrogen-bond donors (Lipinski definition) is 2. The lowest BCUT2D eigenvalue weighted by atomic mass is 10.3. The van der Waals surface area contributed by atoms with Crippen LogP contribution < -0.4 is 16.0 Å². The van der Waals surface area contributed by atoms with Gasteiger partial charge in [0, 0.05) is 19.2 Å². The average Bonchev–Trinajstić information content (AvgIpc) is 2.47. The Morgan fingerprint density at radius 1 is 1.21 bits per heavy atom. The van der Waals surface area contributed by atoms with Crippen LogP contribution in [0.5, 0.6) is 5.88 Å². The molecular formula is C12H15N5O2. The summed E-state index contributed by atoms with van der Waals surface area (Å²) >= 11 is 0. The van der Waals surface area contributed by atoms with Crippen LogP contribution in [0.3, 0.4) is 0 Å². The highest BCUT2D eigenvalue weighted by Crippen LogP contribution is 2.18. The second kappa shape index (κ2) is 6.07. The van der Waals surface area contributed by atoms with Crippen LogP contribution in [0.15, 0.2) is 24.3 Å². The Morgan fingerprint density at radius 3 is 2.74 bits per heavy atom. The van der Waals surface area contributed by atoms with Gasteiger partial charge in [0.25, 0.3) is 0 Å². The molecule has 0 amide bonds. The number of hydrogen-bond acceptors (Lipinski definition) is 7. The topological polar surface area (TPSA) is 95.2 Å². The Balaban J connectivity index is 2.44. The fraction of sp³-hybridized carbons (Fsp3) is 0.250. The predicted molar refractivity (Wildman–Crippen MR) is 70.3 cm³/mol. The molecule has 0 radical (unpaired) electrons. The van der Waals surface area contributed by atoms with E-state index in [0.717, 1.165) is 0 Å². The fourth-order valence-electron chi connectivity index (χ4n) is 1.56. The molecule has 0 fully saturated rings. The number of aromatic nitrogens is 3. The van der Waals surface area contributed by atoms with E-state index in [1.807, 2.05) is 6.07 Å². The molecular weight excluding hydrogens is 246 g/mol. The average molecular weight is 261 g/mol. The molecule has 7 nitrogen and oxygen atoms in total. The molecule has 3 N–H and O–H groups in total. The molecule has 19 heavy (non-hydrogen) atoms. The highest BCUT2D eigenvalue weighted by molar-refractivity contribution is 5.53. The number of nitrogens with zero attached hydrogens (tertiary/aromatic N) is 3. The van der Waals surface area contributed by atoms with E-state index >= 15 is 0 Å². The van der Waals surface area contributed by atoms with Crippen molar-refractivity contribution in [2.45, 2.75) is 6.61 Å². The van der Waals surface area contributed by atoms with Gasteiger partial charge in [0.2, 0.25) is 5.88 Å². The van der Waals surface area contributed by atoms with Crippen molar-refractivity contribution in [3.05, 3.63) is 30.0 Å². The number of ether oxygens (including phenoxy) is 2. The first kappa shape index (κ1) is 13.2. The fourth-order valence-corrected chi connectivity index (χ4v) is 1.56. The zero-order valence-electron chi connectivity index (χ0n) is 10.8. The SMILES string of the molecule is COCc1cc(NN)nc(-c2cccc(OC)n2)n1. The summed E-state index contributed by atoms with van der Waals surface area (Å²) in [4.78, 5) is 12.9. The monoisotopic (exact) mass is 261 g/mol. The Hall–Kier alpha value is -2.25. The highest BCUT2D eigenvalue weighted by Gasteiger charge is 2.08. The number of nitrogens with one attached hydrogen (secondary N) is 1. The van der Waals surface area contributed by atoms with E-state index in [9.17, 15) is 0 Å². The molecule has 0 bridgehead atoms. The van der Waals surface area contributed by atoms with Crippen LogP contribution in [-0.2, 0) is 11.3 Å². The van der Waals surface area contributed by atoms with Crippen molar-refractivity contribution in [2.75, 3.05) is 19.6 Å². The van der Waals surface area contributed by atoms with Crippen molar-refractivity contribution in [1.82, 2.24) is 15.0 Å². The molecule has 0 aliphatic carbocycles. The van der Waals surface area contributed by atoms with Gasteiger partial charge in [-0.05, 0) is 6.07 Å². The zero-order chi connectivity index (χ0) is 13.7. The smallest absolute Gasteiger partial charge is 0.213 e. The van der Waals surface area contributed by atoms with E-state index in [2.05, 4.69) is 20.4 Å². The van der Waals surface area contributed by atoms with Gasteiger partial charge in [0.1, 0.15) is 11.5 Å². The number of nitrogens with two attached hydrogens (primary N) is 1. The third kappa shape index (κ3) is 3.15. The molecule has 0 unspecified atom stereocenters. The Labute approximate surface area is 110 Å². The van der Waals surface area contributed by atoms with Gasteiger partial charge in [-0.25, -0.2) is 20.8 Å². The lowest BCUT2D eigenvalue weighted by Gasteiger charge is -2.07. The molecule has 0 spiro atoms. The molecule has 0 aliphatic heterocycles. The van der Waals surface area contributed by atoms with E-state index in [1.54, 1.807) is 32.4 Å². The van der Waals surface area contributed by atoms with Crippen LogP contribution in [0.1, 0.15) is 5.69 Å². The van der Waals surface area contributed by atoms with Gasteiger partial charge in [-0.1, -0.05) is 6.07 Å². The second-order valence-corrected chi connectivity index (χ2v) is 3.71. The maximum Gasteiger partial charge on any atom is 0.213 e. The maximum absolute atomic E-state index is 5.39. The number of methoxy groups -OCH3 is 2. The van der Waals surface area contributed by atoms with E-state index in [-0.39, 0.29) is 0 Å². The summed E-state index contributed by atoms with van der Waals surface area (Å²) in [5.41, 5.74) is 3.82. The van der Waals surface area contributed by atoms with Gasteiger partial charge >= 0.3 is 0 Å².